The van der Waals surface area contributed by atoms with Gasteiger partial charge >= 0.3 is 5.97 Å². The van der Waals surface area contributed by atoms with Gasteiger partial charge in [-0.05, 0) is 24.3 Å². The van der Waals surface area contributed by atoms with Gasteiger partial charge in [0.1, 0.15) is 11.6 Å². The average Bonchev–Trinajstić information content (AvgIpc) is 2.37. The van der Waals surface area contributed by atoms with Gasteiger partial charge in [-0.3, -0.25) is 0 Å². The van der Waals surface area contributed by atoms with Gasteiger partial charge in [0.15, 0.2) is 11.6 Å². The molecule has 2 aromatic carbocycles. The summed E-state index contributed by atoms with van der Waals surface area (Å²) in [5.74, 6) is -6.20. The highest BCUT2D eigenvalue weighted by Crippen LogP contribution is 2.28. The van der Waals surface area contributed by atoms with Crippen LogP contribution >= 0.6 is 0 Å². The molecule has 2 rings (SSSR count). The largest absolute Gasteiger partial charge is 0.478 e. The molecular weight excluding hydrogens is 278 g/mol. The molecule has 0 amide bonds. The number of carbonyl (C=O) groups is 1. The van der Waals surface area contributed by atoms with E-state index in [9.17, 15) is 22.4 Å². The first-order chi connectivity index (χ1) is 9.40. The molecule has 0 fully saturated rings. The average molecular weight is 285 g/mol. The lowest BCUT2D eigenvalue weighted by molar-refractivity contribution is 0.0697. The first-order valence-corrected chi connectivity index (χ1v) is 5.33. The number of aromatic carboxylic acids is 1. The Morgan fingerprint density at radius 1 is 1.00 bits per heavy atom. The molecule has 0 bridgehead atoms. The summed E-state index contributed by atoms with van der Waals surface area (Å²) in [6.07, 6.45) is 0. The number of hydrogen-bond acceptors (Lipinski definition) is 2. The van der Waals surface area contributed by atoms with E-state index < -0.39 is 40.5 Å². The first-order valence-electron chi connectivity index (χ1n) is 5.33. The van der Waals surface area contributed by atoms with Crippen LogP contribution in [0.4, 0.5) is 28.9 Å². The number of carboxylic acids is 1. The van der Waals surface area contributed by atoms with Gasteiger partial charge in [0.2, 0.25) is 0 Å². The number of carboxylic acid groups (broad SMARTS) is 1. The molecule has 0 aromatic heterocycles. The summed E-state index contributed by atoms with van der Waals surface area (Å²) in [5, 5.41) is 11.0. The fraction of sp³-hybridized carbons (Fsp3) is 0. The van der Waals surface area contributed by atoms with Crippen LogP contribution in [0, 0.1) is 23.3 Å². The van der Waals surface area contributed by atoms with Crippen molar-refractivity contribution < 1.29 is 27.5 Å². The van der Waals surface area contributed by atoms with E-state index >= 15 is 0 Å². The standard InChI is InChI=1S/C13H7F4NO2/c14-6-1-4-10(9(16)5-6)18-12-7(13(19)20)2-3-8(15)11(12)17/h1-5,18H,(H,19,20). The molecule has 0 radical (unpaired) electrons. The highest BCUT2D eigenvalue weighted by molar-refractivity contribution is 5.95. The van der Waals surface area contributed by atoms with Gasteiger partial charge in [-0.25, -0.2) is 22.4 Å². The fourth-order valence-electron chi connectivity index (χ4n) is 1.58. The molecule has 104 valence electrons. The maximum absolute atomic E-state index is 13.6. The van der Waals surface area contributed by atoms with E-state index in [0.29, 0.717) is 12.1 Å². The van der Waals surface area contributed by atoms with Crippen LogP contribution in [0.15, 0.2) is 30.3 Å². The van der Waals surface area contributed by atoms with Crippen LogP contribution in [0.1, 0.15) is 10.4 Å². The molecule has 0 saturated heterocycles. The summed E-state index contributed by atoms with van der Waals surface area (Å²) in [4.78, 5) is 10.9. The summed E-state index contributed by atoms with van der Waals surface area (Å²) in [5.41, 5.74) is -1.69. The van der Waals surface area contributed by atoms with Crippen molar-refractivity contribution in [2.45, 2.75) is 0 Å². The topological polar surface area (TPSA) is 49.3 Å². The Morgan fingerprint density at radius 2 is 1.70 bits per heavy atom. The van der Waals surface area contributed by atoms with Crippen molar-refractivity contribution in [3.8, 4) is 0 Å². The van der Waals surface area contributed by atoms with Gasteiger partial charge in [0.05, 0.1) is 16.9 Å². The molecule has 0 unspecified atom stereocenters. The summed E-state index contributed by atoms with van der Waals surface area (Å²) in [6.45, 7) is 0. The predicted molar refractivity (Wildman–Crippen MR) is 63.0 cm³/mol. The molecule has 0 heterocycles. The summed E-state index contributed by atoms with van der Waals surface area (Å²) in [6, 6.07) is 3.85. The van der Waals surface area contributed by atoms with Gasteiger partial charge in [0, 0.05) is 6.07 Å². The second-order valence-corrected chi connectivity index (χ2v) is 3.84. The number of halogens is 4. The van der Waals surface area contributed by atoms with Crippen molar-refractivity contribution in [2.24, 2.45) is 0 Å². The smallest absolute Gasteiger partial charge is 0.337 e. The number of rotatable bonds is 3. The minimum atomic E-state index is -1.52. The zero-order valence-electron chi connectivity index (χ0n) is 9.75. The van der Waals surface area contributed by atoms with Gasteiger partial charge in [-0.2, -0.15) is 0 Å². The zero-order valence-corrected chi connectivity index (χ0v) is 9.75. The van der Waals surface area contributed by atoms with E-state index in [2.05, 4.69) is 5.32 Å². The molecule has 0 spiro atoms. The molecule has 2 N–H and O–H groups in total. The van der Waals surface area contributed by atoms with Gasteiger partial charge in [0.25, 0.3) is 0 Å². The van der Waals surface area contributed by atoms with Crippen molar-refractivity contribution in [3.63, 3.8) is 0 Å². The zero-order chi connectivity index (χ0) is 14.9. The third kappa shape index (κ3) is 2.56. The number of anilines is 2. The second kappa shape index (κ2) is 5.20. The van der Waals surface area contributed by atoms with E-state index in [1.165, 1.54) is 0 Å². The maximum atomic E-state index is 13.6. The number of nitrogens with one attached hydrogen (secondary N) is 1. The molecule has 0 aliphatic heterocycles. The molecule has 0 aliphatic rings. The third-order valence-electron chi connectivity index (χ3n) is 2.52. The maximum Gasteiger partial charge on any atom is 0.337 e. The minimum Gasteiger partial charge on any atom is -0.478 e. The number of benzene rings is 2. The van der Waals surface area contributed by atoms with E-state index in [-0.39, 0.29) is 5.69 Å². The monoisotopic (exact) mass is 285 g/mol. The molecule has 20 heavy (non-hydrogen) atoms. The Labute approximate surface area is 110 Å². The van der Waals surface area contributed by atoms with Crippen molar-refractivity contribution >= 4 is 17.3 Å². The normalized spacial score (nSPS) is 10.4. The quantitative estimate of drug-likeness (QED) is 0.846. The van der Waals surface area contributed by atoms with Crippen molar-refractivity contribution in [2.75, 3.05) is 5.32 Å². The Balaban J connectivity index is 2.52. The predicted octanol–water partition coefficient (Wildman–Crippen LogP) is 3.68. The fourth-order valence-corrected chi connectivity index (χ4v) is 1.58. The van der Waals surface area contributed by atoms with Gasteiger partial charge in [-0.15, -0.1) is 0 Å². The van der Waals surface area contributed by atoms with E-state index in [1.807, 2.05) is 0 Å². The van der Waals surface area contributed by atoms with Crippen molar-refractivity contribution in [1.82, 2.24) is 0 Å². The highest BCUT2D eigenvalue weighted by Gasteiger charge is 2.19. The summed E-state index contributed by atoms with van der Waals surface area (Å²) < 4.78 is 52.9. The SMILES string of the molecule is O=C(O)c1ccc(F)c(F)c1Nc1ccc(F)cc1F. The van der Waals surface area contributed by atoms with E-state index in [1.54, 1.807) is 0 Å². The van der Waals surface area contributed by atoms with Crippen LogP contribution in [0.3, 0.4) is 0 Å². The summed E-state index contributed by atoms with van der Waals surface area (Å²) in [7, 11) is 0. The minimum absolute atomic E-state index is 0.376. The molecule has 2 aromatic rings. The highest BCUT2D eigenvalue weighted by atomic mass is 19.2. The van der Waals surface area contributed by atoms with Crippen molar-refractivity contribution in [3.05, 3.63) is 59.2 Å². The molecule has 3 nitrogen and oxygen atoms in total. The second-order valence-electron chi connectivity index (χ2n) is 3.84. The Morgan fingerprint density at radius 3 is 2.30 bits per heavy atom. The molecule has 0 saturated carbocycles. The Bertz CT molecular complexity index is 688. The van der Waals surface area contributed by atoms with Crippen LogP contribution in [0.25, 0.3) is 0 Å². The Kier molecular flexibility index (Phi) is 3.60. The van der Waals surface area contributed by atoms with Crippen LogP contribution in [-0.4, -0.2) is 11.1 Å². The first kappa shape index (κ1) is 13.9. The lowest BCUT2D eigenvalue weighted by atomic mass is 10.1. The lowest BCUT2D eigenvalue weighted by Crippen LogP contribution is -2.07. The van der Waals surface area contributed by atoms with Gasteiger partial charge in [-0.1, -0.05) is 0 Å². The number of hydrogen-bond donors (Lipinski definition) is 2. The summed E-state index contributed by atoms with van der Waals surface area (Å²) >= 11 is 0. The molecule has 7 heteroatoms. The van der Waals surface area contributed by atoms with Crippen LogP contribution < -0.4 is 5.32 Å². The molecular formula is C13H7F4NO2. The van der Waals surface area contributed by atoms with Crippen LogP contribution in [0.2, 0.25) is 0 Å². The Hall–Kier alpha value is -2.57. The van der Waals surface area contributed by atoms with Crippen LogP contribution in [-0.2, 0) is 0 Å². The molecule has 0 atom stereocenters. The van der Waals surface area contributed by atoms with Crippen LogP contribution in [0.5, 0.6) is 0 Å². The van der Waals surface area contributed by atoms with Gasteiger partial charge < -0.3 is 10.4 Å². The third-order valence-corrected chi connectivity index (χ3v) is 2.52. The lowest BCUT2D eigenvalue weighted by Gasteiger charge is -2.12. The van der Waals surface area contributed by atoms with E-state index in [4.69, 9.17) is 5.11 Å². The van der Waals surface area contributed by atoms with E-state index in [0.717, 1.165) is 18.2 Å². The van der Waals surface area contributed by atoms with Crippen molar-refractivity contribution in [1.29, 1.82) is 0 Å². The molecule has 0 aliphatic carbocycles.